The number of anilines is 1. The Morgan fingerprint density at radius 1 is 1.17 bits per heavy atom. The molecule has 0 spiro atoms. The van der Waals surface area contributed by atoms with Crippen LogP contribution in [0.4, 0.5) is 5.69 Å². The van der Waals surface area contributed by atoms with E-state index < -0.39 is 28.5 Å². The van der Waals surface area contributed by atoms with Crippen LogP contribution in [0.2, 0.25) is 10.0 Å². The molecule has 0 saturated heterocycles. The molecule has 0 aliphatic carbocycles. The van der Waals surface area contributed by atoms with Crippen LogP contribution in [0.3, 0.4) is 0 Å². The Kier molecular flexibility index (Phi) is 6.75. The fourth-order valence-electron chi connectivity index (χ4n) is 2.80. The number of carbonyl (C=O) groups excluding carboxylic acids is 2. The summed E-state index contributed by atoms with van der Waals surface area (Å²) in [5.41, 5.74) is 1.28. The van der Waals surface area contributed by atoms with Gasteiger partial charge in [-0.05, 0) is 48.4 Å². The number of rotatable bonds is 6. The van der Waals surface area contributed by atoms with Gasteiger partial charge in [0.05, 0.1) is 15.7 Å². The first kappa shape index (κ1) is 21.9. The summed E-state index contributed by atoms with van der Waals surface area (Å²) in [6.07, 6.45) is 0.488. The lowest BCUT2D eigenvalue weighted by Gasteiger charge is -2.17. The number of hydrogen-bond acceptors (Lipinski definition) is 6. The van der Waals surface area contributed by atoms with Gasteiger partial charge in [0.2, 0.25) is 10.0 Å². The monoisotopic (exact) mass is 474 g/mol. The number of nitrogens with two attached hydrogens (primary N) is 1. The summed E-state index contributed by atoms with van der Waals surface area (Å²) in [6.45, 7) is -0.0499. The largest absolute Gasteiger partial charge is 0.455 e. The molecule has 29 heavy (non-hydrogen) atoms. The fourth-order valence-corrected chi connectivity index (χ4v) is 4.66. The molecule has 2 aromatic carbocycles. The number of thioether (sulfide) groups is 1. The van der Waals surface area contributed by atoms with Crippen molar-refractivity contribution >= 4 is 62.6 Å². The summed E-state index contributed by atoms with van der Waals surface area (Å²) in [5, 5.41) is 6.10. The maximum absolute atomic E-state index is 12.4. The molecule has 0 radical (unpaired) electrons. The predicted octanol–water partition coefficient (Wildman–Crippen LogP) is 2.87. The number of hydrogen-bond donors (Lipinski definition) is 1. The Morgan fingerprint density at radius 3 is 2.66 bits per heavy atom. The Hall–Kier alpha value is -1.78. The molecule has 3 rings (SSSR count). The molecule has 0 fully saturated rings. The molecule has 0 unspecified atom stereocenters. The van der Waals surface area contributed by atoms with Gasteiger partial charge in [-0.15, -0.1) is 11.8 Å². The lowest BCUT2D eigenvalue weighted by Crippen LogP contribution is -2.33. The van der Waals surface area contributed by atoms with Gasteiger partial charge < -0.3 is 9.64 Å². The van der Waals surface area contributed by atoms with Crippen molar-refractivity contribution in [3.63, 3.8) is 0 Å². The van der Waals surface area contributed by atoms with Crippen LogP contribution in [0.25, 0.3) is 0 Å². The molecule has 154 valence electrons. The summed E-state index contributed by atoms with van der Waals surface area (Å²) < 4.78 is 28.0. The van der Waals surface area contributed by atoms with Gasteiger partial charge >= 0.3 is 5.97 Å². The van der Waals surface area contributed by atoms with Crippen LogP contribution in [0, 0.1) is 0 Å². The number of ether oxygens (including phenoxy) is 1. The van der Waals surface area contributed by atoms with Crippen molar-refractivity contribution in [1.82, 2.24) is 0 Å². The molecule has 2 N–H and O–H groups in total. The Balaban J connectivity index is 1.55. The van der Waals surface area contributed by atoms with E-state index >= 15 is 0 Å². The molecule has 0 bridgehead atoms. The first-order chi connectivity index (χ1) is 13.6. The molecule has 7 nitrogen and oxygen atoms in total. The molecule has 1 aliphatic rings. The van der Waals surface area contributed by atoms with Crippen LogP contribution in [0.15, 0.2) is 46.2 Å². The third-order valence-corrected chi connectivity index (χ3v) is 6.79. The second-order valence-corrected chi connectivity index (χ2v) is 9.58. The number of amides is 1. The molecular formula is C18H16Cl2N2O5S2. The quantitative estimate of drug-likeness (QED) is 0.509. The number of sulfonamides is 1. The SMILES string of the molecule is NS(=O)(=O)c1ccc2c(c1)CCN2C(=O)COC(=O)CSc1cc(Cl)ccc1Cl. The number of fused-ring (bicyclic) bond motifs is 1. The highest BCUT2D eigenvalue weighted by Gasteiger charge is 2.26. The number of primary sulfonamides is 1. The minimum absolute atomic E-state index is 0.00585. The lowest BCUT2D eigenvalue weighted by atomic mass is 10.2. The summed E-state index contributed by atoms with van der Waals surface area (Å²) in [7, 11) is -3.81. The maximum atomic E-state index is 12.4. The molecule has 1 heterocycles. The van der Waals surface area contributed by atoms with Crippen molar-refractivity contribution < 1.29 is 22.7 Å². The zero-order chi connectivity index (χ0) is 21.2. The van der Waals surface area contributed by atoms with Crippen LogP contribution >= 0.6 is 35.0 Å². The fraction of sp³-hybridized carbons (Fsp3) is 0.222. The van der Waals surface area contributed by atoms with Crippen LogP contribution < -0.4 is 10.0 Å². The Morgan fingerprint density at radius 2 is 1.93 bits per heavy atom. The van der Waals surface area contributed by atoms with Crippen molar-refractivity contribution in [3.8, 4) is 0 Å². The summed E-state index contributed by atoms with van der Waals surface area (Å²) in [4.78, 5) is 26.5. The van der Waals surface area contributed by atoms with Crippen molar-refractivity contribution in [2.24, 2.45) is 5.14 Å². The third-order valence-electron chi connectivity index (χ3n) is 4.17. The van der Waals surface area contributed by atoms with Gasteiger partial charge in [0.25, 0.3) is 5.91 Å². The van der Waals surface area contributed by atoms with E-state index in [1.165, 1.54) is 23.1 Å². The van der Waals surface area contributed by atoms with Crippen molar-refractivity contribution in [1.29, 1.82) is 0 Å². The highest BCUT2D eigenvalue weighted by molar-refractivity contribution is 8.00. The highest BCUT2D eigenvalue weighted by Crippen LogP contribution is 2.31. The number of esters is 1. The van der Waals surface area contributed by atoms with E-state index in [9.17, 15) is 18.0 Å². The summed E-state index contributed by atoms with van der Waals surface area (Å²) in [5.74, 6) is -0.989. The molecule has 0 saturated carbocycles. The number of nitrogens with zero attached hydrogens (tertiary/aromatic N) is 1. The zero-order valence-corrected chi connectivity index (χ0v) is 18.1. The molecule has 2 aromatic rings. The van der Waals surface area contributed by atoms with Gasteiger partial charge in [0, 0.05) is 22.2 Å². The van der Waals surface area contributed by atoms with Crippen molar-refractivity contribution in [2.75, 3.05) is 23.8 Å². The summed E-state index contributed by atoms with van der Waals surface area (Å²) >= 11 is 13.1. The zero-order valence-electron chi connectivity index (χ0n) is 14.9. The predicted molar refractivity (Wildman–Crippen MR) is 112 cm³/mol. The van der Waals surface area contributed by atoms with Gasteiger partial charge in [-0.3, -0.25) is 9.59 Å². The molecule has 0 aromatic heterocycles. The van der Waals surface area contributed by atoms with E-state index in [2.05, 4.69) is 0 Å². The van der Waals surface area contributed by atoms with Gasteiger partial charge in [0.1, 0.15) is 0 Å². The minimum atomic E-state index is -3.81. The van der Waals surface area contributed by atoms with Crippen molar-refractivity contribution in [2.45, 2.75) is 16.2 Å². The minimum Gasteiger partial charge on any atom is -0.455 e. The van der Waals surface area contributed by atoms with E-state index in [1.807, 2.05) is 0 Å². The van der Waals surface area contributed by atoms with Crippen LogP contribution in [-0.4, -0.2) is 39.2 Å². The smallest absolute Gasteiger partial charge is 0.316 e. The van der Waals surface area contributed by atoms with Gasteiger partial charge in [-0.1, -0.05) is 23.2 Å². The highest BCUT2D eigenvalue weighted by atomic mass is 35.5. The average Bonchev–Trinajstić information content (AvgIpc) is 3.09. The molecular weight excluding hydrogens is 459 g/mol. The number of carbonyl (C=O) groups is 2. The van der Waals surface area contributed by atoms with Gasteiger partial charge in [-0.2, -0.15) is 0 Å². The van der Waals surface area contributed by atoms with Gasteiger partial charge in [-0.25, -0.2) is 13.6 Å². The maximum Gasteiger partial charge on any atom is 0.316 e. The van der Waals surface area contributed by atoms with E-state index in [1.54, 1.807) is 18.2 Å². The Labute approximate surface area is 182 Å². The normalized spacial score (nSPS) is 13.3. The standard InChI is InChI=1S/C18H16Cl2N2O5S2/c19-12-1-3-14(20)16(8-12)28-10-18(24)27-9-17(23)22-6-5-11-7-13(29(21,25)26)2-4-15(11)22/h1-4,7-8H,5-6,9-10H2,(H2,21,25,26). The van der Waals surface area contributed by atoms with E-state index in [4.69, 9.17) is 33.1 Å². The van der Waals surface area contributed by atoms with Crippen LogP contribution in [0.1, 0.15) is 5.56 Å². The van der Waals surface area contributed by atoms with E-state index in [-0.39, 0.29) is 10.6 Å². The molecule has 1 amide bonds. The van der Waals surface area contributed by atoms with Crippen molar-refractivity contribution in [3.05, 3.63) is 52.0 Å². The molecule has 1 aliphatic heterocycles. The molecule has 11 heteroatoms. The number of benzene rings is 2. The first-order valence-electron chi connectivity index (χ1n) is 8.35. The lowest BCUT2D eigenvalue weighted by molar-refractivity contribution is -0.145. The second kappa shape index (κ2) is 8.93. The topological polar surface area (TPSA) is 107 Å². The first-order valence-corrected chi connectivity index (χ1v) is 11.6. The number of halogens is 2. The van der Waals surface area contributed by atoms with E-state index in [0.29, 0.717) is 39.2 Å². The van der Waals surface area contributed by atoms with Gasteiger partial charge in [0.15, 0.2) is 6.61 Å². The third kappa shape index (κ3) is 5.43. The second-order valence-electron chi connectivity index (χ2n) is 6.16. The molecule has 0 atom stereocenters. The summed E-state index contributed by atoms with van der Waals surface area (Å²) in [6, 6.07) is 9.24. The van der Waals surface area contributed by atoms with Crippen LogP contribution in [-0.2, 0) is 30.8 Å². The van der Waals surface area contributed by atoms with Crippen LogP contribution in [0.5, 0.6) is 0 Å². The Bertz CT molecular complexity index is 1080. The average molecular weight is 475 g/mol. The van der Waals surface area contributed by atoms with E-state index in [0.717, 1.165) is 11.8 Å².